The number of carbonyl (C=O) groups is 2. The van der Waals surface area contributed by atoms with E-state index in [1.807, 2.05) is 0 Å². The van der Waals surface area contributed by atoms with Crippen molar-refractivity contribution in [2.24, 2.45) is 0 Å². The maximum absolute atomic E-state index is 10.6. The van der Waals surface area contributed by atoms with Crippen LogP contribution in [0.3, 0.4) is 0 Å². The lowest BCUT2D eigenvalue weighted by atomic mass is 10.1. The van der Waals surface area contributed by atoms with Crippen molar-refractivity contribution < 1.29 is 19.8 Å². The number of hydrogen-bond donors (Lipinski definition) is 2. The number of aliphatic carboxylic acids is 2. The Morgan fingerprint density at radius 3 is 2.14 bits per heavy atom. The topological polar surface area (TPSA) is 100 Å². The molecule has 6 heteroatoms. The van der Waals surface area contributed by atoms with Gasteiger partial charge in [-0.05, 0) is 6.92 Å². The Labute approximate surface area is 79.2 Å². The molecule has 0 amide bonds. The molecule has 1 heterocycles. The first-order chi connectivity index (χ1) is 6.52. The van der Waals surface area contributed by atoms with Crippen molar-refractivity contribution in [3.8, 4) is 0 Å². The molecule has 0 unspecified atom stereocenters. The normalized spacial score (nSPS) is 10.1. The van der Waals surface area contributed by atoms with Gasteiger partial charge in [0.15, 0.2) is 5.92 Å². The van der Waals surface area contributed by atoms with Gasteiger partial charge in [-0.3, -0.25) is 19.6 Å². The zero-order chi connectivity index (χ0) is 10.7. The van der Waals surface area contributed by atoms with Gasteiger partial charge in [-0.1, -0.05) is 0 Å². The van der Waals surface area contributed by atoms with Crippen LogP contribution in [0.4, 0.5) is 0 Å². The van der Waals surface area contributed by atoms with Crippen LogP contribution in [0.15, 0.2) is 12.4 Å². The quantitative estimate of drug-likeness (QED) is 0.662. The average Bonchev–Trinajstić information content (AvgIpc) is 2.07. The standard InChI is InChI=1S/C8H8N2O4/c1-4-2-10-5(3-9-4)6(7(11)12)8(13)14/h2-3,6H,1H3,(H,11,12)(H,13,14). The second-order valence-corrected chi connectivity index (χ2v) is 2.69. The van der Waals surface area contributed by atoms with Crippen LogP contribution in [0.2, 0.25) is 0 Å². The lowest BCUT2D eigenvalue weighted by Crippen LogP contribution is -2.22. The van der Waals surface area contributed by atoms with Gasteiger partial charge < -0.3 is 10.2 Å². The summed E-state index contributed by atoms with van der Waals surface area (Å²) in [4.78, 5) is 28.6. The summed E-state index contributed by atoms with van der Waals surface area (Å²) in [6, 6.07) is 0. The monoisotopic (exact) mass is 196 g/mol. The van der Waals surface area contributed by atoms with Crippen molar-refractivity contribution in [1.29, 1.82) is 0 Å². The number of carboxylic acids is 2. The molecule has 1 rings (SSSR count). The molecule has 0 spiro atoms. The highest BCUT2D eigenvalue weighted by atomic mass is 16.4. The Morgan fingerprint density at radius 1 is 1.21 bits per heavy atom. The van der Waals surface area contributed by atoms with Crippen molar-refractivity contribution in [2.45, 2.75) is 12.8 Å². The Balaban J connectivity index is 3.06. The van der Waals surface area contributed by atoms with E-state index in [1.165, 1.54) is 6.20 Å². The molecule has 0 saturated carbocycles. The van der Waals surface area contributed by atoms with Crippen LogP contribution >= 0.6 is 0 Å². The van der Waals surface area contributed by atoms with Gasteiger partial charge in [0.2, 0.25) is 0 Å². The summed E-state index contributed by atoms with van der Waals surface area (Å²) in [7, 11) is 0. The highest BCUT2D eigenvalue weighted by Gasteiger charge is 2.29. The molecule has 14 heavy (non-hydrogen) atoms. The summed E-state index contributed by atoms with van der Waals surface area (Å²) in [5, 5.41) is 17.2. The predicted molar refractivity (Wildman–Crippen MR) is 44.8 cm³/mol. The molecule has 2 N–H and O–H groups in total. The summed E-state index contributed by atoms with van der Waals surface area (Å²) in [6.45, 7) is 1.67. The third-order valence-electron chi connectivity index (χ3n) is 1.59. The fraction of sp³-hybridized carbons (Fsp3) is 0.250. The number of aryl methyl sites for hydroxylation is 1. The Kier molecular flexibility index (Phi) is 2.76. The Morgan fingerprint density at radius 2 is 1.79 bits per heavy atom. The van der Waals surface area contributed by atoms with Crippen molar-refractivity contribution in [3.05, 3.63) is 23.8 Å². The molecule has 0 aliphatic rings. The molecule has 1 aromatic rings. The van der Waals surface area contributed by atoms with Crippen LogP contribution in [0.25, 0.3) is 0 Å². The van der Waals surface area contributed by atoms with Gasteiger partial charge in [-0.2, -0.15) is 0 Å². The minimum atomic E-state index is -1.65. The minimum absolute atomic E-state index is 0.0735. The van der Waals surface area contributed by atoms with Gasteiger partial charge in [0.05, 0.1) is 17.6 Å². The SMILES string of the molecule is Cc1cnc(C(C(=O)O)C(=O)O)cn1. The van der Waals surface area contributed by atoms with Crippen LogP contribution in [0, 0.1) is 6.92 Å². The number of rotatable bonds is 3. The van der Waals surface area contributed by atoms with E-state index in [4.69, 9.17) is 10.2 Å². The predicted octanol–water partition coefficient (Wildman–Crippen LogP) is 0.0378. The van der Waals surface area contributed by atoms with Crippen LogP contribution in [0.1, 0.15) is 17.3 Å². The lowest BCUT2D eigenvalue weighted by Gasteiger charge is -2.05. The molecule has 0 saturated heterocycles. The molecule has 1 aromatic heterocycles. The van der Waals surface area contributed by atoms with E-state index in [0.717, 1.165) is 6.20 Å². The third-order valence-corrected chi connectivity index (χ3v) is 1.59. The van der Waals surface area contributed by atoms with E-state index in [1.54, 1.807) is 6.92 Å². The molecule has 0 aromatic carbocycles. The highest BCUT2D eigenvalue weighted by molar-refractivity contribution is 5.98. The molecule has 0 aliphatic carbocycles. The van der Waals surface area contributed by atoms with Crippen LogP contribution in [0.5, 0.6) is 0 Å². The number of nitrogens with zero attached hydrogens (tertiary/aromatic N) is 2. The Bertz CT molecular complexity index is 346. The summed E-state index contributed by atoms with van der Waals surface area (Å²) in [5.74, 6) is -4.55. The summed E-state index contributed by atoms with van der Waals surface area (Å²) in [6.07, 6.45) is 2.48. The molecule has 0 bridgehead atoms. The number of carboxylic acid groups (broad SMARTS) is 2. The van der Waals surface area contributed by atoms with E-state index < -0.39 is 17.9 Å². The van der Waals surface area contributed by atoms with Gasteiger partial charge in [-0.25, -0.2) is 0 Å². The van der Waals surface area contributed by atoms with Crippen LogP contribution in [-0.2, 0) is 9.59 Å². The van der Waals surface area contributed by atoms with Gasteiger partial charge in [0.1, 0.15) is 0 Å². The van der Waals surface area contributed by atoms with Crippen molar-refractivity contribution >= 4 is 11.9 Å². The van der Waals surface area contributed by atoms with Crippen molar-refractivity contribution in [3.63, 3.8) is 0 Å². The number of hydrogen-bond acceptors (Lipinski definition) is 4. The fourth-order valence-corrected chi connectivity index (χ4v) is 0.910. The zero-order valence-electron chi connectivity index (χ0n) is 7.34. The zero-order valence-corrected chi connectivity index (χ0v) is 7.34. The lowest BCUT2D eigenvalue weighted by molar-refractivity contribution is -0.150. The summed E-state index contributed by atoms with van der Waals surface area (Å²) >= 11 is 0. The third kappa shape index (κ3) is 2.03. The van der Waals surface area contributed by atoms with E-state index in [0.29, 0.717) is 5.69 Å². The first-order valence-electron chi connectivity index (χ1n) is 3.76. The van der Waals surface area contributed by atoms with Crippen LogP contribution in [-0.4, -0.2) is 32.1 Å². The van der Waals surface area contributed by atoms with E-state index in [9.17, 15) is 9.59 Å². The first kappa shape index (κ1) is 10.1. The molecule has 0 aliphatic heterocycles. The molecule has 74 valence electrons. The van der Waals surface area contributed by atoms with E-state index in [-0.39, 0.29) is 5.69 Å². The summed E-state index contributed by atoms with van der Waals surface area (Å²) < 4.78 is 0. The second kappa shape index (κ2) is 3.82. The molecule has 0 radical (unpaired) electrons. The van der Waals surface area contributed by atoms with Gasteiger partial charge >= 0.3 is 11.9 Å². The van der Waals surface area contributed by atoms with Crippen molar-refractivity contribution in [1.82, 2.24) is 9.97 Å². The van der Waals surface area contributed by atoms with E-state index >= 15 is 0 Å². The molecule has 0 atom stereocenters. The average molecular weight is 196 g/mol. The second-order valence-electron chi connectivity index (χ2n) is 2.69. The summed E-state index contributed by atoms with van der Waals surface area (Å²) in [5.41, 5.74) is 0.527. The van der Waals surface area contributed by atoms with Gasteiger partial charge in [0.25, 0.3) is 0 Å². The molecular weight excluding hydrogens is 188 g/mol. The number of aromatic nitrogens is 2. The Hall–Kier alpha value is -1.98. The first-order valence-corrected chi connectivity index (χ1v) is 3.76. The molecule has 0 fully saturated rings. The fourth-order valence-electron chi connectivity index (χ4n) is 0.910. The van der Waals surface area contributed by atoms with Gasteiger partial charge in [0, 0.05) is 6.20 Å². The highest BCUT2D eigenvalue weighted by Crippen LogP contribution is 2.12. The van der Waals surface area contributed by atoms with Gasteiger partial charge in [-0.15, -0.1) is 0 Å². The largest absolute Gasteiger partial charge is 0.480 e. The van der Waals surface area contributed by atoms with Crippen LogP contribution < -0.4 is 0 Å². The maximum atomic E-state index is 10.6. The molecular formula is C8H8N2O4. The molecule has 6 nitrogen and oxygen atoms in total. The maximum Gasteiger partial charge on any atom is 0.324 e. The van der Waals surface area contributed by atoms with Crippen molar-refractivity contribution in [2.75, 3.05) is 0 Å². The van der Waals surface area contributed by atoms with E-state index in [2.05, 4.69) is 9.97 Å². The minimum Gasteiger partial charge on any atom is -0.480 e. The smallest absolute Gasteiger partial charge is 0.324 e.